The van der Waals surface area contributed by atoms with E-state index in [4.69, 9.17) is 23.7 Å². The van der Waals surface area contributed by atoms with E-state index < -0.39 is 38.1 Å². The van der Waals surface area contributed by atoms with Crippen LogP contribution < -0.4 is 0 Å². The second-order valence-corrected chi connectivity index (χ2v) is 40.4. The van der Waals surface area contributed by atoms with Crippen LogP contribution in [0.5, 0.6) is 0 Å². The lowest BCUT2D eigenvalue weighted by molar-refractivity contribution is -0.928. The Morgan fingerprint density at radius 1 is 0.312 bits per heavy atom. The van der Waals surface area contributed by atoms with Gasteiger partial charge < -0.3 is 67.0 Å². The van der Waals surface area contributed by atoms with Crippen LogP contribution in [0.1, 0.15) is 246 Å². The average Bonchev–Trinajstić information content (AvgIpc) is 0.868. The first-order valence-corrected chi connectivity index (χ1v) is 47.7. The Balaban J connectivity index is 0.00000203. The molecule has 1 heterocycles. The van der Waals surface area contributed by atoms with Crippen molar-refractivity contribution in [2.45, 2.75) is 286 Å². The van der Waals surface area contributed by atoms with E-state index in [9.17, 15) is 36.9 Å². The standard InChI is InChI=1S/C95H150N9O10.C7H8O3S/c1-91(2,3)110-86(105)99(76-81-48-26-16-27-49-81)64-39-21-36-58-96-61-46-62-98(60-38-23-41-66-101(88(107)112-93(7,8)9)78-83-52-30-18-31-53-83)71-75-104(72-44-24-42-67-102(89(108)113-94(10,11)12)79-84-54-32-19-33-55-84,73-45-25-43-68-103(90(109)114-95(13,14)15)80-85-56-34-20-35-57-85)74-47-63-97(70-69-96)59-37-22-40-65-100(87(106)111-92(4,5)6)77-82-50-28-17-29-51-82;1-6-2-4-7(5-3-6)11(8,9)10/h16-20,26-35,48-57H,21-25,36-47,58-80H2,1-15H3;2-5H,1H3,(H,8,9,10)/q+1;/p-1. The summed E-state index contributed by atoms with van der Waals surface area (Å²) in [5, 5.41) is 0. The molecule has 0 atom stereocenters. The van der Waals surface area contributed by atoms with Crippen LogP contribution in [0.4, 0.5) is 24.0 Å². The van der Waals surface area contributed by atoms with Crippen LogP contribution in [0.3, 0.4) is 0 Å². The zero-order valence-corrected chi connectivity index (χ0v) is 80.1. The zero-order valence-electron chi connectivity index (χ0n) is 79.3. The molecule has 0 bridgehead atoms. The summed E-state index contributed by atoms with van der Waals surface area (Å²) >= 11 is 0. The number of hydrogen-bond donors (Lipinski definition) is 0. The largest absolute Gasteiger partial charge is 0.744 e. The van der Waals surface area contributed by atoms with Gasteiger partial charge in [0, 0.05) is 98.0 Å². The molecule has 1 aliphatic rings. The maximum atomic E-state index is 14.0. The highest BCUT2D eigenvalue weighted by atomic mass is 32.2. The lowest BCUT2D eigenvalue weighted by Crippen LogP contribution is -2.54. The number of amides is 5. The Bertz CT molecular complexity index is 4030. The topological polar surface area (TPSA) is 215 Å². The lowest BCUT2D eigenvalue weighted by Gasteiger charge is -2.42. The van der Waals surface area contributed by atoms with Crippen LogP contribution in [0.15, 0.2) is 181 Å². The fourth-order valence-electron chi connectivity index (χ4n) is 15.3. The molecular formula is C102H157N9O13S. The maximum absolute atomic E-state index is 14.0. The Morgan fingerprint density at radius 2 is 0.552 bits per heavy atom. The van der Waals surface area contributed by atoms with E-state index in [0.717, 1.165) is 232 Å². The molecule has 22 nitrogen and oxygen atoms in total. The molecule has 0 radical (unpaired) electrons. The SMILES string of the molecule is CC(C)(C)OC(=O)N(CCCCCN1CCCN(CCCCCN(Cc2ccccc2)C(=O)OC(C)(C)C)CC[N+](CCCCCN(Cc2ccccc2)C(=O)OC(C)(C)C)(CCCCCN(Cc2ccccc2)C(=O)OC(C)(C)C)CCCN(CCCCCN(Cc2ccccc2)C(=O)OC(C)(C)C)CC1)Cc1ccccc1.Cc1ccc(S(=O)(=O)[O-])cc1. The molecule has 125 heavy (non-hydrogen) atoms. The van der Waals surface area contributed by atoms with E-state index in [-0.39, 0.29) is 35.4 Å². The van der Waals surface area contributed by atoms with Gasteiger partial charge in [0.15, 0.2) is 0 Å². The first-order chi connectivity index (χ1) is 59.2. The first kappa shape index (κ1) is 105. The fraction of sp³-hybridized carbons (Fsp3) is 0.598. The molecule has 1 fully saturated rings. The second kappa shape index (κ2) is 53.9. The number of carbonyl (C=O) groups is 5. The Hall–Kier alpha value is -8.58. The van der Waals surface area contributed by atoms with Crippen molar-refractivity contribution in [3.63, 3.8) is 0 Å². The predicted octanol–water partition coefficient (Wildman–Crippen LogP) is 21.4. The van der Waals surface area contributed by atoms with Crippen molar-refractivity contribution in [2.75, 3.05) is 118 Å². The molecule has 694 valence electrons. The number of ether oxygens (including phenoxy) is 5. The summed E-state index contributed by atoms with van der Waals surface area (Å²) in [5.74, 6) is 0. The number of nitrogens with zero attached hydrogens (tertiary/aromatic N) is 9. The Morgan fingerprint density at radius 3 is 0.800 bits per heavy atom. The number of quaternary nitrogens is 1. The highest BCUT2D eigenvalue weighted by Gasteiger charge is 2.32. The molecule has 7 rings (SSSR count). The molecular weight excluding hydrogens is 1590 g/mol. The van der Waals surface area contributed by atoms with E-state index in [2.05, 4.69) is 75.4 Å². The Labute approximate surface area is 753 Å². The smallest absolute Gasteiger partial charge is 0.410 e. The van der Waals surface area contributed by atoms with Crippen molar-refractivity contribution >= 4 is 40.6 Å². The molecule has 6 aromatic carbocycles. The minimum absolute atomic E-state index is 0.178. The van der Waals surface area contributed by atoms with Gasteiger partial charge in [-0.3, -0.25) is 4.90 Å². The summed E-state index contributed by atoms with van der Waals surface area (Å²) in [5.41, 5.74) is 3.23. The summed E-state index contributed by atoms with van der Waals surface area (Å²) in [7, 11) is -4.27. The van der Waals surface area contributed by atoms with Crippen LogP contribution in [0.25, 0.3) is 0 Å². The third-order valence-electron chi connectivity index (χ3n) is 21.7. The van der Waals surface area contributed by atoms with Gasteiger partial charge in [-0.1, -0.05) is 189 Å². The first-order valence-electron chi connectivity index (χ1n) is 46.3. The normalized spacial score (nSPS) is 14.3. The molecule has 0 spiro atoms. The highest BCUT2D eigenvalue weighted by molar-refractivity contribution is 7.85. The lowest BCUT2D eigenvalue weighted by atomic mass is 10.1. The number of carbonyl (C=O) groups excluding carboxylic acids is 5. The molecule has 0 saturated carbocycles. The third kappa shape index (κ3) is 46.6. The molecule has 0 aliphatic carbocycles. The van der Waals surface area contributed by atoms with Gasteiger partial charge in [-0.15, -0.1) is 0 Å². The van der Waals surface area contributed by atoms with E-state index in [1.807, 2.05) is 226 Å². The van der Waals surface area contributed by atoms with Crippen molar-refractivity contribution in [3.8, 4) is 0 Å². The highest BCUT2D eigenvalue weighted by Crippen LogP contribution is 2.25. The van der Waals surface area contributed by atoms with Crippen molar-refractivity contribution in [1.82, 2.24) is 39.2 Å². The van der Waals surface area contributed by atoms with Gasteiger partial charge in [-0.05, 0) is 267 Å². The van der Waals surface area contributed by atoms with Gasteiger partial charge in [0.05, 0.1) is 31.1 Å². The summed E-state index contributed by atoms with van der Waals surface area (Å²) in [4.78, 5) is 86.7. The van der Waals surface area contributed by atoms with Gasteiger partial charge >= 0.3 is 30.5 Å². The van der Waals surface area contributed by atoms with Crippen molar-refractivity contribution in [2.24, 2.45) is 0 Å². The van der Waals surface area contributed by atoms with E-state index >= 15 is 0 Å². The van der Waals surface area contributed by atoms with Crippen LogP contribution in [0.2, 0.25) is 0 Å². The molecule has 0 N–H and O–H groups in total. The van der Waals surface area contributed by atoms with Crippen molar-refractivity contribution in [1.29, 1.82) is 0 Å². The molecule has 0 unspecified atom stereocenters. The summed E-state index contributed by atoms with van der Waals surface area (Å²) in [6.07, 6.45) is 14.7. The molecule has 1 aliphatic heterocycles. The number of unbranched alkanes of at least 4 members (excludes halogenated alkanes) is 10. The maximum Gasteiger partial charge on any atom is 0.410 e. The van der Waals surface area contributed by atoms with Gasteiger partial charge in [-0.2, -0.15) is 0 Å². The molecule has 23 heteroatoms. The number of aryl methyl sites for hydroxylation is 1. The number of hydrogen-bond acceptors (Lipinski definition) is 16. The predicted molar refractivity (Wildman–Crippen MR) is 502 cm³/mol. The summed E-state index contributed by atoms with van der Waals surface area (Å²) in [6, 6.07) is 56.8. The van der Waals surface area contributed by atoms with E-state index in [0.29, 0.717) is 65.4 Å². The molecule has 1 saturated heterocycles. The van der Waals surface area contributed by atoms with Crippen molar-refractivity contribution < 1.29 is 65.1 Å². The van der Waals surface area contributed by atoms with Crippen LogP contribution in [-0.4, -0.2) is 233 Å². The monoisotopic (exact) mass is 1750 g/mol. The van der Waals surface area contributed by atoms with Crippen molar-refractivity contribution in [3.05, 3.63) is 209 Å². The number of rotatable bonds is 41. The third-order valence-corrected chi connectivity index (χ3v) is 22.5. The van der Waals surface area contributed by atoms with Crippen LogP contribution >= 0.6 is 0 Å². The second-order valence-electron chi connectivity index (χ2n) is 39.0. The minimum Gasteiger partial charge on any atom is -0.744 e. The number of benzene rings is 6. The molecule has 5 amide bonds. The zero-order chi connectivity index (χ0) is 91.4. The average molecular weight is 1750 g/mol. The van der Waals surface area contributed by atoms with Gasteiger partial charge in [0.25, 0.3) is 0 Å². The summed E-state index contributed by atoms with van der Waals surface area (Å²) in [6.45, 7) is 48.8. The van der Waals surface area contributed by atoms with Crippen LogP contribution in [0, 0.1) is 6.92 Å². The van der Waals surface area contributed by atoms with Crippen LogP contribution in [-0.2, 0) is 66.5 Å². The summed E-state index contributed by atoms with van der Waals surface area (Å²) < 4.78 is 62.1. The molecule has 6 aromatic rings. The van der Waals surface area contributed by atoms with Gasteiger partial charge in [0.2, 0.25) is 0 Å². The Kier molecular flexibility index (Phi) is 45.4. The van der Waals surface area contributed by atoms with Gasteiger partial charge in [0.1, 0.15) is 38.1 Å². The fourth-order valence-corrected chi connectivity index (χ4v) is 15.8. The minimum atomic E-state index is -4.27. The molecule has 0 aromatic heterocycles. The van der Waals surface area contributed by atoms with E-state index in [1.165, 1.54) is 12.1 Å². The van der Waals surface area contributed by atoms with E-state index in [1.54, 1.807) is 12.1 Å². The quantitative estimate of drug-likeness (QED) is 0.0151. The van der Waals surface area contributed by atoms with Gasteiger partial charge in [-0.25, -0.2) is 32.4 Å².